The van der Waals surface area contributed by atoms with Crippen LogP contribution < -0.4 is 5.32 Å². The van der Waals surface area contributed by atoms with Crippen molar-refractivity contribution in [3.8, 4) is 0 Å². The fourth-order valence-corrected chi connectivity index (χ4v) is 3.47. The fraction of sp³-hybridized carbons (Fsp3) is 0.125. The van der Waals surface area contributed by atoms with Gasteiger partial charge in [-0.1, -0.05) is 29.3 Å². The number of aromatic nitrogens is 2. The van der Waals surface area contributed by atoms with Crippen LogP contribution >= 0.6 is 39.1 Å². The first-order valence-electron chi connectivity index (χ1n) is 6.78. The van der Waals surface area contributed by atoms with Gasteiger partial charge in [0, 0.05) is 10.7 Å². The summed E-state index contributed by atoms with van der Waals surface area (Å²) in [5.74, 6) is -0.280. The van der Waals surface area contributed by atoms with Crippen molar-refractivity contribution in [1.29, 1.82) is 0 Å². The minimum atomic E-state index is -0.280. The molecule has 0 bridgehead atoms. The number of pyridine rings is 1. The number of nitrogens with zero attached hydrogens (tertiary/aromatic N) is 2. The largest absolute Gasteiger partial charge is 0.320 e. The van der Waals surface area contributed by atoms with E-state index in [0.717, 1.165) is 10.0 Å². The Morgan fingerprint density at radius 3 is 2.70 bits per heavy atom. The molecule has 0 unspecified atom stereocenters. The van der Waals surface area contributed by atoms with E-state index in [1.165, 1.54) is 0 Å². The number of anilines is 1. The van der Waals surface area contributed by atoms with Gasteiger partial charge in [-0.15, -0.1) is 0 Å². The average Bonchev–Trinajstić information content (AvgIpc) is 2.78. The maximum atomic E-state index is 12.7. The van der Waals surface area contributed by atoms with Crippen LogP contribution in [-0.2, 0) is 0 Å². The van der Waals surface area contributed by atoms with Gasteiger partial charge in [0.25, 0.3) is 5.91 Å². The van der Waals surface area contributed by atoms with Crippen molar-refractivity contribution in [2.75, 3.05) is 5.32 Å². The van der Waals surface area contributed by atoms with E-state index in [-0.39, 0.29) is 5.91 Å². The third-order valence-corrected chi connectivity index (χ3v) is 4.54. The van der Waals surface area contributed by atoms with E-state index in [2.05, 4.69) is 26.2 Å². The zero-order valence-electron chi connectivity index (χ0n) is 12.3. The highest BCUT2D eigenvalue weighted by atomic mass is 79.9. The molecule has 0 saturated heterocycles. The van der Waals surface area contributed by atoms with Crippen LogP contribution in [0, 0.1) is 13.8 Å². The van der Waals surface area contributed by atoms with Crippen LogP contribution in [0.2, 0.25) is 10.0 Å². The molecule has 0 saturated carbocycles. The first kappa shape index (κ1) is 16.3. The number of halogens is 3. The Balaban J connectivity index is 2.06. The molecule has 0 radical (unpaired) electrons. The maximum Gasteiger partial charge on any atom is 0.274 e. The van der Waals surface area contributed by atoms with Crippen molar-refractivity contribution < 1.29 is 4.79 Å². The van der Waals surface area contributed by atoms with E-state index < -0.39 is 0 Å². The van der Waals surface area contributed by atoms with Crippen LogP contribution in [0.3, 0.4) is 0 Å². The second-order valence-electron chi connectivity index (χ2n) is 5.18. The lowest BCUT2D eigenvalue weighted by Crippen LogP contribution is -2.16. The quantitative estimate of drug-likeness (QED) is 0.622. The molecule has 0 atom stereocenters. The normalized spacial score (nSPS) is 11.0. The van der Waals surface area contributed by atoms with Crippen LogP contribution in [0.5, 0.6) is 0 Å². The lowest BCUT2D eigenvalue weighted by Gasteiger charge is -2.09. The first-order valence-corrected chi connectivity index (χ1v) is 8.33. The maximum absolute atomic E-state index is 12.7. The van der Waals surface area contributed by atoms with E-state index in [9.17, 15) is 4.79 Å². The predicted octanol–water partition coefficient (Wildman–Crippen LogP) is 5.27. The summed E-state index contributed by atoms with van der Waals surface area (Å²) in [4.78, 5) is 17.0. The van der Waals surface area contributed by atoms with E-state index in [1.54, 1.807) is 23.6 Å². The van der Waals surface area contributed by atoms with Crippen LogP contribution in [-0.4, -0.2) is 15.3 Å². The van der Waals surface area contributed by atoms with Crippen LogP contribution in [0.25, 0.3) is 5.65 Å². The van der Waals surface area contributed by atoms with Crippen molar-refractivity contribution in [1.82, 2.24) is 9.38 Å². The van der Waals surface area contributed by atoms with Crippen molar-refractivity contribution in [3.05, 3.63) is 61.9 Å². The van der Waals surface area contributed by atoms with Crippen LogP contribution in [0.15, 0.2) is 34.9 Å². The van der Waals surface area contributed by atoms with E-state index in [0.29, 0.717) is 32.8 Å². The van der Waals surface area contributed by atoms with Gasteiger partial charge in [-0.2, -0.15) is 0 Å². The minimum Gasteiger partial charge on any atom is -0.320 e. The molecule has 0 aliphatic heterocycles. The molecule has 0 aliphatic carbocycles. The molecule has 7 heteroatoms. The molecule has 23 heavy (non-hydrogen) atoms. The fourth-order valence-electron chi connectivity index (χ4n) is 2.36. The van der Waals surface area contributed by atoms with Gasteiger partial charge < -0.3 is 5.32 Å². The molecule has 1 amide bonds. The molecule has 3 rings (SSSR count). The number of hydrogen-bond donors (Lipinski definition) is 1. The molecule has 1 N–H and O–H groups in total. The Labute approximate surface area is 151 Å². The third-order valence-electron chi connectivity index (χ3n) is 3.40. The number of nitrogens with one attached hydrogen (secondary N) is 1. The lowest BCUT2D eigenvalue weighted by molar-refractivity contribution is 0.102. The second-order valence-corrected chi connectivity index (χ2v) is 6.88. The molecular formula is C16H12BrCl2N3O. The lowest BCUT2D eigenvalue weighted by atomic mass is 10.2. The zero-order valence-corrected chi connectivity index (χ0v) is 15.4. The third kappa shape index (κ3) is 3.09. The van der Waals surface area contributed by atoms with Crippen molar-refractivity contribution in [2.24, 2.45) is 0 Å². The van der Waals surface area contributed by atoms with Gasteiger partial charge in [0.2, 0.25) is 0 Å². The molecule has 2 heterocycles. The number of hydrogen-bond acceptors (Lipinski definition) is 2. The Bertz CT molecular complexity index is 937. The number of imidazole rings is 1. The monoisotopic (exact) mass is 411 g/mol. The summed E-state index contributed by atoms with van der Waals surface area (Å²) in [5.41, 5.74) is 3.26. The Kier molecular flexibility index (Phi) is 4.36. The number of aryl methyl sites for hydroxylation is 2. The molecule has 0 aliphatic rings. The van der Waals surface area contributed by atoms with Gasteiger partial charge in [-0.05, 0) is 53.5 Å². The molecule has 4 nitrogen and oxygen atoms in total. The molecule has 118 valence electrons. The summed E-state index contributed by atoms with van der Waals surface area (Å²) in [7, 11) is 0. The minimum absolute atomic E-state index is 0.280. The van der Waals surface area contributed by atoms with Gasteiger partial charge in [-0.25, -0.2) is 4.98 Å². The summed E-state index contributed by atoms with van der Waals surface area (Å²) < 4.78 is 2.42. The van der Waals surface area contributed by atoms with Gasteiger partial charge in [-0.3, -0.25) is 9.20 Å². The molecule has 3 aromatic rings. The van der Waals surface area contributed by atoms with Crippen molar-refractivity contribution >= 4 is 56.4 Å². The van der Waals surface area contributed by atoms with Crippen molar-refractivity contribution in [2.45, 2.75) is 13.8 Å². The second kappa shape index (κ2) is 6.15. The molecule has 1 aromatic carbocycles. The van der Waals surface area contributed by atoms with Gasteiger partial charge >= 0.3 is 0 Å². The summed E-state index contributed by atoms with van der Waals surface area (Å²) in [6.07, 6.45) is 1.63. The number of carbonyl (C=O) groups is 1. The van der Waals surface area contributed by atoms with Crippen LogP contribution in [0.4, 0.5) is 5.69 Å². The summed E-state index contributed by atoms with van der Waals surface area (Å²) >= 11 is 15.6. The van der Waals surface area contributed by atoms with Gasteiger partial charge in [0.15, 0.2) is 5.65 Å². The summed E-state index contributed by atoms with van der Waals surface area (Å²) in [6.45, 7) is 3.74. The highest BCUT2D eigenvalue weighted by Gasteiger charge is 2.19. The first-order chi connectivity index (χ1) is 10.9. The number of benzene rings is 1. The Morgan fingerprint density at radius 1 is 1.26 bits per heavy atom. The van der Waals surface area contributed by atoms with E-state index in [4.69, 9.17) is 23.2 Å². The Morgan fingerprint density at radius 2 is 2.00 bits per heavy atom. The zero-order chi connectivity index (χ0) is 16.7. The summed E-state index contributed by atoms with van der Waals surface area (Å²) in [6, 6.07) is 7.30. The number of rotatable bonds is 2. The number of amides is 1. The van der Waals surface area contributed by atoms with Gasteiger partial charge in [0.05, 0.1) is 21.4 Å². The topological polar surface area (TPSA) is 46.4 Å². The number of carbonyl (C=O) groups excluding carboxylic acids is 1. The SMILES string of the molecule is Cc1ccc(NC(=O)c2c(C)nc3c(Cl)cc(Cl)cn23)c(Br)c1. The Hall–Kier alpha value is -1.56. The van der Waals surface area contributed by atoms with E-state index in [1.807, 2.05) is 25.1 Å². The standard InChI is InChI=1S/C16H12BrCl2N3O/c1-8-3-4-13(11(17)5-8)21-16(23)14-9(2)20-15-12(19)6-10(18)7-22(14)15/h3-7H,1-2H3,(H,21,23). The smallest absolute Gasteiger partial charge is 0.274 e. The molecule has 2 aromatic heterocycles. The van der Waals surface area contributed by atoms with Gasteiger partial charge in [0.1, 0.15) is 5.69 Å². The predicted molar refractivity (Wildman–Crippen MR) is 96.8 cm³/mol. The summed E-state index contributed by atoms with van der Waals surface area (Å²) in [5, 5.41) is 3.71. The molecular weight excluding hydrogens is 401 g/mol. The highest BCUT2D eigenvalue weighted by Crippen LogP contribution is 2.27. The molecule has 0 spiro atoms. The van der Waals surface area contributed by atoms with Crippen molar-refractivity contribution in [3.63, 3.8) is 0 Å². The average molecular weight is 413 g/mol. The van der Waals surface area contributed by atoms with Crippen LogP contribution in [0.1, 0.15) is 21.7 Å². The van der Waals surface area contributed by atoms with E-state index >= 15 is 0 Å². The molecule has 0 fully saturated rings. The highest BCUT2D eigenvalue weighted by molar-refractivity contribution is 9.10. The number of fused-ring (bicyclic) bond motifs is 1.